The first-order valence-corrected chi connectivity index (χ1v) is 12.6. The van der Waals surface area contributed by atoms with E-state index < -0.39 is 5.82 Å². The molecule has 0 spiro atoms. The van der Waals surface area contributed by atoms with Crippen LogP contribution in [0.25, 0.3) is 11.4 Å². The van der Waals surface area contributed by atoms with Crippen LogP contribution >= 0.6 is 34.7 Å². The molecule has 1 aliphatic rings. The lowest BCUT2D eigenvalue weighted by molar-refractivity contribution is -0.113. The van der Waals surface area contributed by atoms with Crippen molar-refractivity contribution in [2.45, 2.75) is 51.2 Å². The van der Waals surface area contributed by atoms with Crippen molar-refractivity contribution in [3.63, 3.8) is 0 Å². The summed E-state index contributed by atoms with van der Waals surface area (Å²) in [6, 6.07) is 4.12. The summed E-state index contributed by atoms with van der Waals surface area (Å²) < 4.78 is 15.4. The summed E-state index contributed by atoms with van der Waals surface area (Å²) >= 11 is 8.95. The molecule has 0 bridgehead atoms. The van der Waals surface area contributed by atoms with Crippen molar-refractivity contribution in [2.75, 3.05) is 11.1 Å². The zero-order valence-corrected chi connectivity index (χ0v) is 19.8. The molecular formula is C22H24ClFN4OS2. The summed E-state index contributed by atoms with van der Waals surface area (Å²) in [6.07, 6.45) is 4.37. The molecule has 0 saturated heterocycles. The molecule has 1 aliphatic carbocycles. The van der Waals surface area contributed by atoms with Gasteiger partial charge in [-0.05, 0) is 55.4 Å². The Hall–Kier alpha value is -1.90. The van der Waals surface area contributed by atoms with Crippen molar-refractivity contribution in [1.29, 1.82) is 0 Å². The standard InChI is InChI=1S/C22H24ClFN4OS2/c1-3-8-28-21(16-11-30-19-9-13(2)4-6-15(16)19)26-27-22(28)31-12-20(29)25-14-5-7-18(24)17(23)10-14/h5,7,10-11,13H,3-4,6,8-9,12H2,1-2H3,(H,25,29). The largest absolute Gasteiger partial charge is 0.325 e. The number of hydrogen-bond donors (Lipinski definition) is 1. The SMILES string of the molecule is CCCn1c(SCC(=O)Nc2ccc(F)c(Cl)c2)nnc1-c1csc2c1CCC(C)C2. The van der Waals surface area contributed by atoms with Crippen LogP contribution in [0.15, 0.2) is 28.7 Å². The number of nitrogens with one attached hydrogen (secondary N) is 1. The van der Waals surface area contributed by atoms with Gasteiger partial charge < -0.3 is 9.88 Å². The lowest BCUT2D eigenvalue weighted by atomic mass is 9.88. The number of fused-ring (bicyclic) bond motifs is 1. The minimum atomic E-state index is -0.515. The molecular weight excluding hydrogens is 455 g/mol. The third-order valence-corrected chi connectivity index (χ3v) is 7.65. The molecule has 0 saturated carbocycles. The number of carbonyl (C=O) groups is 1. The molecule has 9 heteroatoms. The first-order valence-electron chi connectivity index (χ1n) is 10.4. The molecule has 4 rings (SSSR count). The fourth-order valence-corrected chi connectivity index (χ4v) is 5.97. The molecule has 1 aromatic carbocycles. The van der Waals surface area contributed by atoms with E-state index in [9.17, 15) is 9.18 Å². The number of amides is 1. The van der Waals surface area contributed by atoms with Gasteiger partial charge in [-0.2, -0.15) is 0 Å². The zero-order chi connectivity index (χ0) is 22.0. The highest BCUT2D eigenvalue weighted by atomic mass is 35.5. The van der Waals surface area contributed by atoms with Crippen LogP contribution in [0.1, 0.15) is 37.1 Å². The van der Waals surface area contributed by atoms with E-state index in [0.29, 0.717) is 5.69 Å². The van der Waals surface area contributed by atoms with Gasteiger partial charge in [0, 0.05) is 28.1 Å². The van der Waals surface area contributed by atoms with E-state index in [1.807, 2.05) is 11.3 Å². The monoisotopic (exact) mass is 478 g/mol. The molecule has 5 nitrogen and oxygen atoms in total. The number of carbonyl (C=O) groups excluding carboxylic acids is 1. The molecule has 1 unspecified atom stereocenters. The Morgan fingerprint density at radius 1 is 1.42 bits per heavy atom. The maximum atomic E-state index is 13.3. The van der Waals surface area contributed by atoms with Crippen LogP contribution in [0.3, 0.4) is 0 Å². The maximum absolute atomic E-state index is 13.3. The number of hydrogen-bond acceptors (Lipinski definition) is 5. The molecule has 1 amide bonds. The van der Waals surface area contributed by atoms with Crippen LogP contribution < -0.4 is 5.32 Å². The molecule has 2 heterocycles. The minimum absolute atomic E-state index is 0.0220. The first kappa shape index (κ1) is 22.3. The number of anilines is 1. The van der Waals surface area contributed by atoms with E-state index in [2.05, 4.69) is 39.3 Å². The van der Waals surface area contributed by atoms with E-state index in [1.54, 1.807) is 0 Å². The lowest BCUT2D eigenvalue weighted by Crippen LogP contribution is -2.15. The number of thioether (sulfide) groups is 1. The number of aromatic nitrogens is 3. The molecule has 2 aromatic heterocycles. The van der Waals surface area contributed by atoms with Gasteiger partial charge in [0.1, 0.15) is 5.82 Å². The Balaban J connectivity index is 1.49. The second-order valence-corrected chi connectivity index (χ2v) is 10.1. The topological polar surface area (TPSA) is 59.8 Å². The predicted octanol–water partition coefficient (Wildman–Crippen LogP) is 6.06. The lowest BCUT2D eigenvalue weighted by Gasteiger charge is -2.19. The van der Waals surface area contributed by atoms with Crippen molar-refractivity contribution in [1.82, 2.24) is 14.8 Å². The van der Waals surface area contributed by atoms with Gasteiger partial charge in [0.15, 0.2) is 11.0 Å². The van der Waals surface area contributed by atoms with E-state index in [0.717, 1.165) is 42.7 Å². The van der Waals surface area contributed by atoms with Gasteiger partial charge in [-0.15, -0.1) is 21.5 Å². The van der Waals surface area contributed by atoms with Gasteiger partial charge in [-0.3, -0.25) is 4.79 Å². The summed E-state index contributed by atoms with van der Waals surface area (Å²) in [7, 11) is 0. The second kappa shape index (κ2) is 9.71. The Kier molecular flexibility index (Phi) is 6.99. The number of rotatable bonds is 7. The second-order valence-electron chi connectivity index (χ2n) is 7.82. The first-order chi connectivity index (χ1) is 15.0. The maximum Gasteiger partial charge on any atom is 0.234 e. The molecule has 1 N–H and O–H groups in total. The van der Waals surface area contributed by atoms with Gasteiger partial charge in [0.25, 0.3) is 0 Å². The average Bonchev–Trinajstić information content (AvgIpc) is 3.33. The normalized spacial score (nSPS) is 15.7. The number of halogens is 2. The van der Waals surface area contributed by atoms with E-state index >= 15 is 0 Å². The quantitative estimate of drug-likeness (QED) is 0.419. The predicted molar refractivity (Wildman–Crippen MR) is 126 cm³/mol. The molecule has 0 radical (unpaired) electrons. The summed E-state index contributed by atoms with van der Waals surface area (Å²) in [5.74, 6) is 1.08. The van der Waals surface area contributed by atoms with E-state index in [-0.39, 0.29) is 16.7 Å². The van der Waals surface area contributed by atoms with Crippen LogP contribution in [-0.4, -0.2) is 26.4 Å². The summed E-state index contributed by atoms with van der Waals surface area (Å²) in [5, 5.41) is 14.5. The number of thiophene rings is 1. The van der Waals surface area contributed by atoms with Crippen molar-refractivity contribution in [3.8, 4) is 11.4 Å². The van der Waals surface area contributed by atoms with Crippen LogP contribution in [0.4, 0.5) is 10.1 Å². The summed E-state index contributed by atoms with van der Waals surface area (Å²) in [6.45, 7) is 5.22. The van der Waals surface area contributed by atoms with Gasteiger partial charge in [-0.1, -0.05) is 37.2 Å². The van der Waals surface area contributed by atoms with Gasteiger partial charge in [0.2, 0.25) is 5.91 Å². The van der Waals surface area contributed by atoms with Crippen molar-refractivity contribution >= 4 is 46.3 Å². The van der Waals surface area contributed by atoms with Crippen molar-refractivity contribution < 1.29 is 9.18 Å². The van der Waals surface area contributed by atoms with Gasteiger partial charge in [-0.25, -0.2) is 4.39 Å². The minimum Gasteiger partial charge on any atom is -0.325 e. The molecule has 31 heavy (non-hydrogen) atoms. The van der Waals surface area contributed by atoms with Crippen molar-refractivity contribution in [2.24, 2.45) is 5.92 Å². The Bertz CT molecular complexity index is 1100. The molecule has 1 atom stereocenters. The molecule has 0 fully saturated rings. The van der Waals surface area contributed by atoms with Gasteiger partial charge >= 0.3 is 0 Å². The molecule has 0 aliphatic heterocycles. The average molecular weight is 479 g/mol. The number of benzene rings is 1. The fourth-order valence-electron chi connectivity index (χ4n) is 3.79. The third kappa shape index (κ3) is 4.96. The highest BCUT2D eigenvalue weighted by Gasteiger charge is 2.24. The highest BCUT2D eigenvalue weighted by Crippen LogP contribution is 2.38. The Labute approximate surface area is 194 Å². The zero-order valence-electron chi connectivity index (χ0n) is 17.5. The number of nitrogens with zero attached hydrogens (tertiary/aromatic N) is 3. The van der Waals surface area contributed by atoms with Gasteiger partial charge in [0.05, 0.1) is 10.8 Å². The molecule has 3 aromatic rings. The fraction of sp³-hybridized carbons (Fsp3) is 0.409. The Morgan fingerprint density at radius 3 is 3.03 bits per heavy atom. The van der Waals surface area contributed by atoms with Crippen molar-refractivity contribution in [3.05, 3.63) is 44.9 Å². The summed E-state index contributed by atoms with van der Waals surface area (Å²) in [4.78, 5) is 13.8. The van der Waals surface area contributed by atoms with E-state index in [4.69, 9.17) is 11.6 Å². The summed E-state index contributed by atoms with van der Waals surface area (Å²) in [5.41, 5.74) is 3.06. The van der Waals surface area contributed by atoms with Crippen LogP contribution in [0, 0.1) is 11.7 Å². The van der Waals surface area contributed by atoms with Crippen LogP contribution in [-0.2, 0) is 24.2 Å². The highest BCUT2D eigenvalue weighted by molar-refractivity contribution is 7.99. The van der Waals surface area contributed by atoms with E-state index in [1.165, 1.54) is 52.4 Å². The molecule has 164 valence electrons. The van der Waals surface area contributed by atoms with Crippen LogP contribution in [0.5, 0.6) is 0 Å². The Morgan fingerprint density at radius 2 is 2.26 bits per heavy atom. The smallest absolute Gasteiger partial charge is 0.234 e. The van der Waals surface area contributed by atoms with Crippen LogP contribution in [0.2, 0.25) is 5.02 Å². The third-order valence-electron chi connectivity index (χ3n) is 5.34.